The van der Waals surface area contributed by atoms with Gasteiger partial charge in [-0.05, 0) is 31.9 Å². The van der Waals surface area contributed by atoms with Gasteiger partial charge in [0.25, 0.3) is 0 Å². The van der Waals surface area contributed by atoms with Crippen LogP contribution in [0.2, 0.25) is 0 Å². The van der Waals surface area contributed by atoms with Gasteiger partial charge >= 0.3 is 0 Å². The molecule has 6 heteroatoms. The summed E-state index contributed by atoms with van der Waals surface area (Å²) in [5.74, 6) is 0.0777. The van der Waals surface area contributed by atoms with Gasteiger partial charge in [-0.3, -0.25) is 4.79 Å². The molecule has 0 fully saturated rings. The lowest BCUT2D eigenvalue weighted by molar-refractivity contribution is -0.121. The number of rotatable bonds is 6. The summed E-state index contributed by atoms with van der Waals surface area (Å²) in [6, 6.07) is 8.13. The Hall–Kier alpha value is -1.79. The van der Waals surface area contributed by atoms with E-state index in [1.165, 1.54) is 4.70 Å². The highest BCUT2D eigenvalue weighted by Crippen LogP contribution is 2.22. The van der Waals surface area contributed by atoms with Crippen LogP contribution in [-0.4, -0.2) is 15.9 Å². The number of para-hydroxylation sites is 1. The molecule has 0 spiro atoms. The second kappa shape index (κ2) is 6.98. The Bertz CT molecular complexity index is 745. The Morgan fingerprint density at radius 2 is 2.09 bits per heavy atom. The molecule has 1 amide bonds. The number of nitrogens with one attached hydrogen (secondary N) is 1. The van der Waals surface area contributed by atoms with Crippen LogP contribution in [0.4, 0.5) is 0 Å². The molecule has 3 aromatic rings. The van der Waals surface area contributed by atoms with Crippen molar-refractivity contribution in [3.05, 3.63) is 45.4 Å². The van der Waals surface area contributed by atoms with E-state index < -0.39 is 0 Å². The van der Waals surface area contributed by atoms with E-state index in [9.17, 15) is 4.79 Å². The molecule has 0 saturated heterocycles. The SMILES string of the molecule is Cc1csc(CNC(=O)CCCc2nc3ccccc3s2)n1. The van der Waals surface area contributed by atoms with Crippen molar-refractivity contribution in [2.75, 3.05) is 0 Å². The van der Waals surface area contributed by atoms with Crippen molar-refractivity contribution < 1.29 is 4.79 Å². The van der Waals surface area contributed by atoms with Gasteiger partial charge in [-0.1, -0.05) is 12.1 Å². The summed E-state index contributed by atoms with van der Waals surface area (Å²) >= 11 is 3.29. The smallest absolute Gasteiger partial charge is 0.220 e. The fourth-order valence-corrected chi connectivity index (χ4v) is 3.89. The fraction of sp³-hybridized carbons (Fsp3) is 0.312. The van der Waals surface area contributed by atoms with Crippen molar-refractivity contribution in [1.29, 1.82) is 0 Å². The van der Waals surface area contributed by atoms with Crippen LogP contribution in [0.1, 0.15) is 28.6 Å². The maximum Gasteiger partial charge on any atom is 0.220 e. The monoisotopic (exact) mass is 331 g/mol. The van der Waals surface area contributed by atoms with Crippen molar-refractivity contribution in [3.8, 4) is 0 Å². The minimum absolute atomic E-state index is 0.0777. The number of thiazole rings is 2. The van der Waals surface area contributed by atoms with Crippen molar-refractivity contribution in [3.63, 3.8) is 0 Å². The molecule has 0 atom stereocenters. The molecule has 0 radical (unpaired) electrons. The lowest BCUT2D eigenvalue weighted by Crippen LogP contribution is -2.22. The molecule has 3 rings (SSSR count). The predicted octanol–water partition coefficient (Wildman–Crippen LogP) is 3.70. The van der Waals surface area contributed by atoms with E-state index in [1.807, 2.05) is 30.5 Å². The molecule has 0 aliphatic heterocycles. The second-order valence-electron chi connectivity index (χ2n) is 5.09. The van der Waals surface area contributed by atoms with Crippen LogP contribution in [0.5, 0.6) is 0 Å². The van der Waals surface area contributed by atoms with Crippen LogP contribution in [0.25, 0.3) is 10.2 Å². The van der Waals surface area contributed by atoms with Gasteiger partial charge in [-0.25, -0.2) is 9.97 Å². The largest absolute Gasteiger partial charge is 0.350 e. The molecular weight excluding hydrogens is 314 g/mol. The summed E-state index contributed by atoms with van der Waals surface area (Å²) in [6.07, 6.45) is 2.20. The molecule has 1 aromatic carbocycles. The summed E-state index contributed by atoms with van der Waals surface area (Å²) in [5, 5.41) is 6.97. The van der Waals surface area contributed by atoms with Gasteiger partial charge in [0.05, 0.1) is 21.8 Å². The molecule has 4 nitrogen and oxygen atoms in total. The number of hydrogen-bond acceptors (Lipinski definition) is 5. The minimum Gasteiger partial charge on any atom is -0.350 e. The number of aromatic nitrogens is 2. The molecule has 2 aromatic heterocycles. The summed E-state index contributed by atoms with van der Waals surface area (Å²) in [7, 11) is 0. The zero-order valence-electron chi connectivity index (χ0n) is 12.3. The van der Waals surface area contributed by atoms with Gasteiger partial charge in [0, 0.05) is 17.5 Å². The molecule has 0 aliphatic carbocycles. The number of carbonyl (C=O) groups is 1. The lowest BCUT2D eigenvalue weighted by Gasteiger charge is -2.02. The summed E-state index contributed by atoms with van der Waals surface area (Å²) in [6.45, 7) is 2.48. The summed E-state index contributed by atoms with van der Waals surface area (Å²) in [4.78, 5) is 20.7. The normalized spacial score (nSPS) is 11.0. The molecule has 0 unspecified atom stereocenters. The van der Waals surface area contributed by atoms with E-state index >= 15 is 0 Å². The Morgan fingerprint density at radius 1 is 1.23 bits per heavy atom. The molecule has 0 aliphatic rings. The highest BCUT2D eigenvalue weighted by atomic mass is 32.1. The number of carbonyl (C=O) groups excluding carboxylic acids is 1. The maximum absolute atomic E-state index is 11.8. The minimum atomic E-state index is 0.0777. The second-order valence-corrected chi connectivity index (χ2v) is 7.15. The first-order valence-corrected chi connectivity index (χ1v) is 8.92. The molecule has 0 bridgehead atoms. The average Bonchev–Trinajstić information content (AvgIpc) is 3.10. The number of fused-ring (bicyclic) bond motifs is 1. The van der Waals surface area contributed by atoms with E-state index in [-0.39, 0.29) is 5.91 Å². The number of hydrogen-bond donors (Lipinski definition) is 1. The van der Waals surface area contributed by atoms with Gasteiger partial charge in [-0.2, -0.15) is 0 Å². The van der Waals surface area contributed by atoms with Crippen molar-refractivity contribution in [2.45, 2.75) is 32.7 Å². The highest BCUT2D eigenvalue weighted by molar-refractivity contribution is 7.18. The van der Waals surface area contributed by atoms with E-state index in [0.717, 1.165) is 34.1 Å². The maximum atomic E-state index is 11.8. The Labute approximate surface area is 137 Å². The predicted molar refractivity (Wildman–Crippen MR) is 91.3 cm³/mol. The van der Waals surface area contributed by atoms with Gasteiger partial charge in [0.2, 0.25) is 5.91 Å². The number of amides is 1. The molecule has 1 N–H and O–H groups in total. The first-order valence-electron chi connectivity index (χ1n) is 7.23. The third-order valence-corrected chi connectivity index (χ3v) is 5.30. The van der Waals surface area contributed by atoms with E-state index in [1.54, 1.807) is 22.7 Å². The van der Waals surface area contributed by atoms with Crippen LogP contribution in [-0.2, 0) is 17.8 Å². The summed E-state index contributed by atoms with van der Waals surface area (Å²) < 4.78 is 1.21. The zero-order valence-corrected chi connectivity index (χ0v) is 14.0. The summed E-state index contributed by atoms with van der Waals surface area (Å²) in [5.41, 5.74) is 2.05. The third-order valence-electron chi connectivity index (χ3n) is 3.24. The van der Waals surface area contributed by atoms with Crippen LogP contribution in [0.15, 0.2) is 29.6 Å². The fourth-order valence-electron chi connectivity index (χ4n) is 2.17. The quantitative estimate of drug-likeness (QED) is 0.749. The van der Waals surface area contributed by atoms with Crippen molar-refractivity contribution in [2.24, 2.45) is 0 Å². The Balaban J connectivity index is 1.43. The van der Waals surface area contributed by atoms with Crippen LogP contribution < -0.4 is 5.32 Å². The van der Waals surface area contributed by atoms with Crippen molar-refractivity contribution in [1.82, 2.24) is 15.3 Å². The number of nitrogens with zero attached hydrogens (tertiary/aromatic N) is 2. The van der Waals surface area contributed by atoms with Crippen LogP contribution in [0, 0.1) is 6.92 Å². The van der Waals surface area contributed by atoms with Gasteiger partial charge in [0.1, 0.15) is 5.01 Å². The van der Waals surface area contributed by atoms with E-state index in [0.29, 0.717) is 13.0 Å². The highest BCUT2D eigenvalue weighted by Gasteiger charge is 2.06. The van der Waals surface area contributed by atoms with Crippen LogP contribution >= 0.6 is 22.7 Å². The van der Waals surface area contributed by atoms with Gasteiger partial charge in [-0.15, -0.1) is 22.7 Å². The standard InChI is InChI=1S/C16H17N3OS2/c1-11-10-21-16(18-11)9-17-14(20)7-4-8-15-19-12-5-2-3-6-13(12)22-15/h2-3,5-6,10H,4,7-9H2,1H3,(H,17,20). The lowest BCUT2D eigenvalue weighted by atomic mass is 10.2. The molecule has 0 saturated carbocycles. The van der Waals surface area contributed by atoms with Crippen molar-refractivity contribution >= 4 is 38.8 Å². The molecule has 2 heterocycles. The number of benzene rings is 1. The molecule has 22 heavy (non-hydrogen) atoms. The Morgan fingerprint density at radius 3 is 2.86 bits per heavy atom. The van der Waals surface area contributed by atoms with Gasteiger partial charge in [0.15, 0.2) is 0 Å². The number of aryl methyl sites for hydroxylation is 2. The van der Waals surface area contributed by atoms with E-state index in [4.69, 9.17) is 0 Å². The Kier molecular flexibility index (Phi) is 4.80. The third kappa shape index (κ3) is 3.90. The zero-order chi connectivity index (χ0) is 15.4. The topological polar surface area (TPSA) is 54.9 Å². The molecule has 114 valence electrons. The van der Waals surface area contributed by atoms with Gasteiger partial charge < -0.3 is 5.32 Å². The van der Waals surface area contributed by atoms with E-state index in [2.05, 4.69) is 21.4 Å². The average molecular weight is 331 g/mol. The van der Waals surface area contributed by atoms with Crippen LogP contribution in [0.3, 0.4) is 0 Å². The molecular formula is C16H17N3OS2. The first kappa shape index (κ1) is 15.1. The first-order chi connectivity index (χ1) is 10.7.